The molecule has 0 spiro atoms. The van der Waals surface area contributed by atoms with Gasteiger partial charge in [0.1, 0.15) is 0 Å². The zero-order valence-electron chi connectivity index (χ0n) is 18.3. The normalized spacial score (nSPS) is 12.4. The molecule has 0 radical (unpaired) electrons. The molecule has 4 rings (SSSR count). The predicted octanol–water partition coefficient (Wildman–Crippen LogP) is 4.52. The van der Waals surface area contributed by atoms with Crippen molar-refractivity contribution >= 4 is 33.7 Å². The van der Waals surface area contributed by atoms with Crippen LogP contribution in [-0.2, 0) is 9.47 Å². The number of aromatic nitrogens is 2. The molecular formula is C25H26N2O5. The third-order valence-electron chi connectivity index (χ3n) is 5.91. The maximum Gasteiger partial charge on any atom is 0.337 e. The molecule has 0 fully saturated rings. The molecule has 1 unspecified atom stereocenters. The second kappa shape index (κ2) is 8.88. The molecule has 3 N–H and O–H groups in total. The van der Waals surface area contributed by atoms with E-state index in [0.717, 1.165) is 39.4 Å². The van der Waals surface area contributed by atoms with E-state index in [9.17, 15) is 14.7 Å². The lowest BCUT2D eigenvalue weighted by Gasteiger charge is -2.23. The van der Waals surface area contributed by atoms with Crippen LogP contribution in [0.1, 0.15) is 57.5 Å². The highest BCUT2D eigenvalue weighted by Gasteiger charge is 2.28. The maximum atomic E-state index is 12.1. The Bertz CT molecular complexity index is 1190. The lowest BCUT2D eigenvalue weighted by atomic mass is 9.84. The number of aromatic amines is 2. The van der Waals surface area contributed by atoms with Crippen LogP contribution in [0.3, 0.4) is 0 Å². The Kier molecular flexibility index (Phi) is 6.01. The van der Waals surface area contributed by atoms with Crippen LogP contribution < -0.4 is 0 Å². The first-order valence-electron chi connectivity index (χ1n) is 10.5. The average Bonchev–Trinajstić information content (AvgIpc) is 3.42. The number of esters is 2. The van der Waals surface area contributed by atoms with Crippen molar-refractivity contribution in [2.24, 2.45) is 0 Å². The first-order chi connectivity index (χ1) is 15.5. The number of rotatable bonds is 7. The fourth-order valence-corrected chi connectivity index (χ4v) is 4.33. The Morgan fingerprint density at radius 2 is 1.34 bits per heavy atom. The van der Waals surface area contributed by atoms with Crippen LogP contribution in [0, 0.1) is 0 Å². The van der Waals surface area contributed by atoms with Crippen molar-refractivity contribution in [2.75, 3.05) is 14.2 Å². The van der Waals surface area contributed by atoms with Gasteiger partial charge < -0.3 is 24.5 Å². The number of nitrogens with one attached hydrogen (secondary N) is 2. The van der Waals surface area contributed by atoms with Crippen LogP contribution in [0.5, 0.6) is 0 Å². The van der Waals surface area contributed by atoms with Crippen LogP contribution >= 0.6 is 0 Å². The fraction of sp³-hybridized carbons (Fsp3) is 0.280. The summed E-state index contributed by atoms with van der Waals surface area (Å²) >= 11 is 0. The topological polar surface area (TPSA) is 104 Å². The van der Waals surface area contributed by atoms with E-state index in [1.54, 1.807) is 24.3 Å². The number of aliphatic hydroxyl groups is 1. The molecule has 0 saturated carbocycles. The Labute approximate surface area is 185 Å². The van der Waals surface area contributed by atoms with E-state index in [1.807, 2.05) is 31.5 Å². The summed E-state index contributed by atoms with van der Waals surface area (Å²) in [5.41, 5.74) is 4.34. The molecule has 2 aromatic carbocycles. The van der Waals surface area contributed by atoms with Crippen LogP contribution in [-0.4, -0.2) is 47.3 Å². The first-order valence-corrected chi connectivity index (χ1v) is 10.5. The Balaban J connectivity index is 1.91. The van der Waals surface area contributed by atoms with E-state index < -0.39 is 18.0 Å². The monoisotopic (exact) mass is 434 g/mol. The molecule has 32 heavy (non-hydrogen) atoms. The van der Waals surface area contributed by atoms with Gasteiger partial charge in [-0.05, 0) is 53.9 Å². The van der Waals surface area contributed by atoms with Gasteiger partial charge in [-0.1, -0.05) is 13.3 Å². The lowest BCUT2D eigenvalue weighted by molar-refractivity contribution is 0.0592. The van der Waals surface area contributed by atoms with Gasteiger partial charge in [0.15, 0.2) is 0 Å². The number of hydrogen-bond acceptors (Lipinski definition) is 5. The molecule has 166 valence electrons. The third-order valence-corrected chi connectivity index (χ3v) is 5.91. The van der Waals surface area contributed by atoms with E-state index in [2.05, 4.69) is 9.97 Å². The van der Waals surface area contributed by atoms with E-state index >= 15 is 0 Å². The number of aliphatic hydroxyl groups excluding tert-OH is 1. The van der Waals surface area contributed by atoms with Gasteiger partial charge in [-0.3, -0.25) is 0 Å². The quantitative estimate of drug-likeness (QED) is 0.371. The predicted molar refractivity (Wildman–Crippen MR) is 122 cm³/mol. The van der Waals surface area contributed by atoms with Crippen LogP contribution in [0.2, 0.25) is 0 Å². The zero-order valence-corrected chi connectivity index (χ0v) is 18.3. The molecule has 2 aromatic heterocycles. The fourth-order valence-electron chi connectivity index (χ4n) is 4.33. The maximum absolute atomic E-state index is 12.1. The molecule has 1 atom stereocenters. The van der Waals surface area contributed by atoms with Gasteiger partial charge in [-0.2, -0.15) is 0 Å². The van der Waals surface area contributed by atoms with Gasteiger partial charge in [-0.25, -0.2) is 9.59 Å². The highest BCUT2D eigenvalue weighted by molar-refractivity contribution is 5.98. The van der Waals surface area contributed by atoms with Crippen molar-refractivity contribution < 1.29 is 24.2 Å². The molecule has 7 heteroatoms. The molecule has 4 aromatic rings. The second-order valence-electron chi connectivity index (χ2n) is 7.83. The van der Waals surface area contributed by atoms with E-state index in [-0.39, 0.29) is 5.92 Å². The van der Waals surface area contributed by atoms with Crippen LogP contribution in [0.4, 0.5) is 0 Å². The molecule has 0 bridgehead atoms. The zero-order chi connectivity index (χ0) is 22.8. The number of hydrogen-bond donors (Lipinski definition) is 3. The molecule has 0 aliphatic carbocycles. The summed E-state index contributed by atoms with van der Waals surface area (Å²) in [6, 6.07) is 10.7. The summed E-state index contributed by atoms with van der Waals surface area (Å²) in [6.45, 7) is 2.02. The van der Waals surface area contributed by atoms with Gasteiger partial charge >= 0.3 is 11.9 Å². The van der Waals surface area contributed by atoms with Crippen molar-refractivity contribution in [3.8, 4) is 0 Å². The second-order valence-corrected chi connectivity index (χ2v) is 7.83. The van der Waals surface area contributed by atoms with Gasteiger partial charge in [0, 0.05) is 40.1 Å². The van der Waals surface area contributed by atoms with Crippen molar-refractivity contribution in [1.29, 1.82) is 0 Å². The number of ether oxygens (including phenoxy) is 2. The van der Waals surface area contributed by atoms with Gasteiger partial charge in [0.2, 0.25) is 0 Å². The van der Waals surface area contributed by atoms with Gasteiger partial charge in [-0.15, -0.1) is 0 Å². The highest BCUT2D eigenvalue weighted by Crippen LogP contribution is 2.39. The minimum absolute atomic E-state index is 0.377. The number of carbonyl (C=O) groups is 2. The first kappa shape index (κ1) is 21.6. The smallest absolute Gasteiger partial charge is 0.337 e. The molecule has 0 aliphatic rings. The van der Waals surface area contributed by atoms with Crippen molar-refractivity contribution in [1.82, 2.24) is 9.97 Å². The SMILES string of the molecule is CCCC(O)C(c1c[nH]c2ccc(C(=O)OC)cc12)c1c[nH]c2ccc(C(=O)OC)cc12. The lowest BCUT2D eigenvalue weighted by Crippen LogP contribution is -2.19. The highest BCUT2D eigenvalue weighted by atomic mass is 16.5. The third kappa shape index (κ3) is 3.76. The number of methoxy groups -OCH3 is 2. The Morgan fingerprint density at radius 3 is 1.75 bits per heavy atom. The van der Waals surface area contributed by atoms with Crippen molar-refractivity contribution in [2.45, 2.75) is 31.8 Å². The van der Waals surface area contributed by atoms with Crippen LogP contribution in [0.25, 0.3) is 21.8 Å². The number of fused-ring (bicyclic) bond motifs is 2. The summed E-state index contributed by atoms with van der Waals surface area (Å²) in [4.78, 5) is 30.7. The molecule has 0 aliphatic heterocycles. The van der Waals surface area contributed by atoms with E-state index in [1.165, 1.54) is 14.2 Å². The number of benzene rings is 2. The summed E-state index contributed by atoms with van der Waals surface area (Å²) in [5, 5.41) is 12.9. The van der Waals surface area contributed by atoms with Gasteiger partial charge in [0.25, 0.3) is 0 Å². The summed E-state index contributed by atoms with van der Waals surface area (Å²) in [6.07, 6.45) is 4.48. The molecular weight excluding hydrogens is 408 g/mol. The average molecular weight is 434 g/mol. The molecule has 2 heterocycles. The Morgan fingerprint density at radius 1 is 0.875 bits per heavy atom. The number of carbonyl (C=O) groups excluding carboxylic acids is 2. The van der Waals surface area contributed by atoms with E-state index in [0.29, 0.717) is 17.5 Å². The standard InChI is InChI=1S/C25H26N2O5/c1-4-5-22(28)23(18-12-26-20-8-6-14(10-16(18)20)24(29)31-2)19-13-27-21-9-7-15(11-17(19)21)25(30)32-3/h6-13,22-23,26-28H,4-5H2,1-3H3. The number of H-pyrrole nitrogens is 2. The summed E-state index contributed by atoms with van der Waals surface area (Å²) in [7, 11) is 2.70. The molecule has 0 saturated heterocycles. The van der Waals surface area contributed by atoms with Crippen molar-refractivity contribution in [3.05, 3.63) is 71.0 Å². The molecule has 7 nitrogen and oxygen atoms in total. The van der Waals surface area contributed by atoms with E-state index in [4.69, 9.17) is 9.47 Å². The minimum Gasteiger partial charge on any atom is -0.465 e. The minimum atomic E-state index is -0.665. The molecule has 0 amide bonds. The van der Waals surface area contributed by atoms with Crippen molar-refractivity contribution in [3.63, 3.8) is 0 Å². The Hall–Kier alpha value is -3.58. The van der Waals surface area contributed by atoms with Gasteiger partial charge in [0.05, 0.1) is 31.5 Å². The summed E-state index contributed by atoms with van der Waals surface area (Å²) < 4.78 is 9.75. The largest absolute Gasteiger partial charge is 0.465 e. The van der Waals surface area contributed by atoms with Crippen LogP contribution in [0.15, 0.2) is 48.8 Å². The summed E-state index contributed by atoms with van der Waals surface area (Å²) in [5.74, 6) is -1.21.